The van der Waals surface area contributed by atoms with Crippen molar-refractivity contribution in [2.75, 3.05) is 6.54 Å². The van der Waals surface area contributed by atoms with Gasteiger partial charge in [-0.1, -0.05) is 19.9 Å². The molecule has 0 amide bonds. The van der Waals surface area contributed by atoms with Gasteiger partial charge < -0.3 is 5.32 Å². The van der Waals surface area contributed by atoms with Crippen LogP contribution in [0.1, 0.15) is 58.6 Å². The molecule has 1 rings (SSSR count). The van der Waals surface area contributed by atoms with Crippen molar-refractivity contribution >= 4 is 0 Å². The highest BCUT2D eigenvalue weighted by atomic mass is 19.1. The largest absolute Gasteiger partial charge is 0.312 e. The molecule has 1 aromatic carbocycles. The molecule has 1 nitrogen and oxygen atoms in total. The molecule has 20 heavy (non-hydrogen) atoms. The zero-order valence-electron chi connectivity index (χ0n) is 13.9. The first-order valence-corrected chi connectivity index (χ1v) is 7.71. The molecule has 0 fully saturated rings. The van der Waals surface area contributed by atoms with Gasteiger partial charge in [0.05, 0.1) is 0 Å². The summed E-state index contributed by atoms with van der Waals surface area (Å²) in [5, 5.41) is 3.64. The molecule has 0 saturated carbocycles. The van der Waals surface area contributed by atoms with Crippen molar-refractivity contribution in [1.82, 2.24) is 5.32 Å². The number of hydrogen-bond donors (Lipinski definition) is 1. The maximum Gasteiger partial charge on any atom is 0.123 e. The monoisotopic (exact) mass is 279 g/mol. The Kier molecular flexibility index (Phi) is 5.76. The summed E-state index contributed by atoms with van der Waals surface area (Å²) in [6.45, 7) is 14.1. The van der Waals surface area contributed by atoms with Crippen molar-refractivity contribution in [3.05, 3.63) is 35.1 Å². The molecule has 1 N–H and O–H groups in total. The van der Waals surface area contributed by atoms with Crippen LogP contribution in [0.2, 0.25) is 0 Å². The third kappa shape index (κ3) is 4.90. The van der Waals surface area contributed by atoms with E-state index in [1.165, 1.54) is 5.56 Å². The Hall–Kier alpha value is -0.890. The number of nitrogens with one attached hydrogen (secondary N) is 1. The maximum absolute atomic E-state index is 13.2. The molecule has 0 aliphatic heterocycles. The molecule has 0 saturated heterocycles. The first-order chi connectivity index (χ1) is 9.21. The Morgan fingerprint density at radius 2 is 1.70 bits per heavy atom. The van der Waals surface area contributed by atoms with Crippen molar-refractivity contribution < 1.29 is 4.39 Å². The molecule has 2 heteroatoms. The van der Waals surface area contributed by atoms with Gasteiger partial charge in [0.15, 0.2) is 0 Å². The van der Waals surface area contributed by atoms with Crippen molar-refractivity contribution in [3.8, 4) is 0 Å². The molecular formula is C18H30FN. The Labute approximate surface area is 124 Å². The average Bonchev–Trinajstić information content (AvgIpc) is 2.36. The van der Waals surface area contributed by atoms with E-state index in [0.29, 0.717) is 0 Å². The zero-order valence-corrected chi connectivity index (χ0v) is 13.9. The van der Waals surface area contributed by atoms with Gasteiger partial charge in [0.25, 0.3) is 0 Å². The van der Waals surface area contributed by atoms with Crippen LogP contribution >= 0.6 is 0 Å². The Morgan fingerprint density at radius 1 is 1.10 bits per heavy atom. The summed E-state index contributed by atoms with van der Waals surface area (Å²) in [6, 6.07) is 5.17. The second kappa shape index (κ2) is 6.71. The third-order valence-electron chi connectivity index (χ3n) is 4.36. The average molecular weight is 279 g/mol. The van der Waals surface area contributed by atoms with Gasteiger partial charge in [-0.3, -0.25) is 0 Å². The lowest BCUT2D eigenvalue weighted by Gasteiger charge is -2.36. The van der Waals surface area contributed by atoms with E-state index in [2.05, 4.69) is 39.9 Å². The minimum absolute atomic E-state index is 0.132. The lowest BCUT2D eigenvalue weighted by atomic mass is 9.75. The lowest BCUT2D eigenvalue weighted by Crippen LogP contribution is -2.44. The minimum atomic E-state index is -0.141. The van der Waals surface area contributed by atoms with Gasteiger partial charge in [-0.15, -0.1) is 0 Å². The van der Waals surface area contributed by atoms with Crippen LogP contribution in [0, 0.1) is 18.2 Å². The summed E-state index contributed by atoms with van der Waals surface area (Å²) in [5.41, 5.74) is 2.71. The second-order valence-corrected chi connectivity index (χ2v) is 7.06. The van der Waals surface area contributed by atoms with Crippen LogP contribution in [0.3, 0.4) is 0 Å². The fraction of sp³-hybridized carbons (Fsp3) is 0.667. The number of hydrogen-bond acceptors (Lipinski definition) is 1. The molecule has 0 heterocycles. The summed E-state index contributed by atoms with van der Waals surface area (Å²) < 4.78 is 13.2. The highest BCUT2D eigenvalue weighted by molar-refractivity contribution is 5.27. The smallest absolute Gasteiger partial charge is 0.123 e. The predicted molar refractivity (Wildman–Crippen MR) is 85.6 cm³/mol. The van der Waals surface area contributed by atoms with Crippen molar-refractivity contribution in [2.24, 2.45) is 5.41 Å². The Balaban J connectivity index is 2.90. The quantitative estimate of drug-likeness (QED) is 0.783. The van der Waals surface area contributed by atoms with Crippen LogP contribution < -0.4 is 5.32 Å². The van der Waals surface area contributed by atoms with Gasteiger partial charge in [-0.05, 0) is 75.6 Å². The summed E-state index contributed by atoms with van der Waals surface area (Å²) in [7, 11) is 0. The van der Waals surface area contributed by atoms with E-state index in [0.717, 1.165) is 31.4 Å². The molecular weight excluding hydrogens is 249 g/mol. The number of benzene rings is 1. The summed E-state index contributed by atoms with van der Waals surface area (Å²) >= 11 is 0. The molecule has 0 atom stereocenters. The van der Waals surface area contributed by atoms with Gasteiger partial charge in [-0.25, -0.2) is 4.39 Å². The fourth-order valence-electron chi connectivity index (χ4n) is 2.53. The molecule has 0 aliphatic rings. The summed E-state index contributed by atoms with van der Waals surface area (Å²) in [4.78, 5) is 0. The Bertz CT molecular complexity index is 428. The number of rotatable bonds is 6. The zero-order chi connectivity index (χ0) is 15.4. The molecule has 0 aromatic heterocycles. The topological polar surface area (TPSA) is 12.0 Å². The van der Waals surface area contributed by atoms with Gasteiger partial charge >= 0.3 is 0 Å². The van der Waals surface area contributed by atoms with Gasteiger partial charge in [0.2, 0.25) is 0 Å². The Morgan fingerprint density at radius 3 is 2.15 bits per heavy atom. The van der Waals surface area contributed by atoms with Gasteiger partial charge in [0.1, 0.15) is 5.82 Å². The van der Waals surface area contributed by atoms with Crippen molar-refractivity contribution in [3.63, 3.8) is 0 Å². The first kappa shape index (κ1) is 17.2. The van der Waals surface area contributed by atoms with Crippen LogP contribution in [0.15, 0.2) is 18.2 Å². The molecule has 0 spiro atoms. The lowest BCUT2D eigenvalue weighted by molar-refractivity contribution is 0.220. The van der Waals surface area contributed by atoms with Crippen LogP contribution in [0.25, 0.3) is 0 Å². The molecule has 0 unspecified atom stereocenters. The van der Waals surface area contributed by atoms with Crippen LogP contribution in [-0.4, -0.2) is 12.1 Å². The van der Waals surface area contributed by atoms with E-state index in [4.69, 9.17) is 0 Å². The maximum atomic E-state index is 13.2. The van der Waals surface area contributed by atoms with Crippen LogP contribution in [-0.2, 0) is 6.42 Å². The standard InChI is InChI=1S/C18H30FN/c1-7-18(8-2,13-20-17(4,5)6)12-15-9-10-16(19)11-14(15)3/h9-11,20H,7-8,12-13H2,1-6H3. The van der Waals surface area contributed by atoms with Crippen molar-refractivity contribution in [1.29, 1.82) is 0 Å². The van der Waals surface area contributed by atoms with E-state index < -0.39 is 0 Å². The molecule has 0 aliphatic carbocycles. The van der Waals surface area contributed by atoms with E-state index in [-0.39, 0.29) is 16.8 Å². The van der Waals surface area contributed by atoms with Gasteiger partial charge in [0, 0.05) is 12.1 Å². The van der Waals surface area contributed by atoms with E-state index in [1.807, 2.05) is 13.0 Å². The summed E-state index contributed by atoms with van der Waals surface area (Å²) in [5.74, 6) is -0.141. The van der Waals surface area contributed by atoms with E-state index in [9.17, 15) is 4.39 Å². The molecule has 114 valence electrons. The summed E-state index contributed by atoms with van der Waals surface area (Å²) in [6.07, 6.45) is 3.27. The van der Waals surface area contributed by atoms with Crippen LogP contribution in [0.5, 0.6) is 0 Å². The minimum Gasteiger partial charge on any atom is -0.312 e. The molecule has 0 radical (unpaired) electrons. The van der Waals surface area contributed by atoms with E-state index in [1.54, 1.807) is 12.1 Å². The highest BCUT2D eigenvalue weighted by Crippen LogP contribution is 2.32. The molecule has 1 aromatic rings. The van der Waals surface area contributed by atoms with Gasteiger partial charge in [-0.2, -0.15) is 0 Å². The normalized spacial score (nSPS) is 12.8. The van der Waals surface area contributed by atoms with Crippen LogP contribution in [0.4, 0.5) is 4.39 Å². The first-order valence-electron chi connectivity index (χ1n) is 7.71. The number of aryl methyl sites for hydroxylation is 1. The number of halogens is 1. The second-order valence-electron chi connectivity index (χ2n) is 7.06. The predicted octanol–water partition coefficient (Wildman–Crippen LogP) is 4.87. The fourth-order valence-corrected chi connectivity index (χ4v) is 2.53. The third-order valence-corrected chi connectivity index (χ3v) is 4.36. The molecule has 0 bridgehead atoms. The SMILES string of the molecule is CCC(CC)(CNC(C)(C)C)Cc1ccc(F)cc1C. The van der Waals surface area contributed by atoms with E-state index >= 15 is 0 Å². The highest BCUT2D eigenvalue weighted by Gasteiger charge is 2.28. The van der Waals surface area contributed by atoms with Crippen molar-refractivity contribution in [2.45, 2.75) is 66.3 Å².